The minimum atomic E-state index is 0.751. The third-order valence-corrected chi connectivity index (χ3v) is 3.17. The number of hydrogen-bond acceptors (Lipinski definition) is 5. The van der Waals surface area contributed by atoms with E-state index in [1.165, 1.54) is 12.2 Å². The highest BCUT2D eigenvalue weighted by Gasteiger charge is 2.12. The molecular weight excluding hydrogens is 280 g/mol. The Bertz CT molecular complexity index is 321. The average molecular weight is 291 g/mol. The molecule has 2 heterocycles. The number of nitrogens with zero attached hydrogens (tertiary/aromatic N) is 2. The molecule has 0 unspecified atom stereocenters. The second-order valence-electron chi connectivity index (χ2n) is 3.04. The number of aromatic nitrogens is 1. The molecule has 0 radical (unpaired) electrons. The lowest BCUT2D eigenvalue weighted by molar-refractivity contribution is 0.0756. The molecule has 0 aromatic carbocycles. The van der Waals surface area contributed by atoms with Crippen LogP contribution in [0.3, 0.4) is 0 Å². The Labute approximate surface area is 101 Å². The molecule has 1 fully saturated rings. The minimum Gasteiger partial charge on any atom is -0.408 e. The lowest BCUT2D eigenvalue weighted by Crippen LogP contribution is -2.31. The van der Waals surface area contributed by atoms with Crippen LogP contribution in [0.15, 0.2) is 22.9 Å². The third-order valence-electron chi connectivity index (χ3n) is 1.89. The lowest BCUT2D eigenvalue weighted by Gasteiger charge is -2.23. The molecule has 15 heavy (non-hydrogen) atoms. The Morgan fingerprint density at radius 3 is 2.93 bits per heavy atom. The number of halogens is 1. The summed E-state index contributed by atoms with van der Waals surface area (Å²) in [7, 11) is 0. The van der Waals surface area contributed by atoms with E-state index in [1.807, 2.05) is 6.07 Å². The van der Waals surface area contributed by atoms with Crippen LogP contribution in [-0.4, -0.2) is 35.6 Å². The number of morpholine rings is 1. The molecule has 1 aliphatic heterocycles. The van der Waals surface area contributed by atoms with E-state index in [0.717, 1.165) is 36.5 Å². The van der Waals surface area contributed by atoms with Crippen LogP contribution in [0.5, 0.6) is 5.75 Å². The zero-order valence-corrected chi connectivity index (χ0v) is 10.5. The van der Waals surface area contributed by atoms with E-state index >= 15 is 0 Å². The van der Waals surface area contributed by atoms with Crippen molar-refractivity contribution in [1.82, 2.24) is 9.29 Å². The van der Waals surface area contributed by atoms with Gasteiger partial charge in [0.15, 0.2) is 5.75 Å². The maximum atomic E-state index is 5.52. The normalized spacial score (nSPS) is 17.7. The molecule has 1 aromatic rings. The summed E-state index contributed by atoms with van der Waals surface area (Å²) < 4.78 is 13.8. The van der Waals surface area contributed by atoms with E-state index in [0.29, 0.717) is 0 Å². The van der Waals surface area contributed by atoms with E-state index in [-0.39, 0.29) is 0 Å². The monoisotopic (exact) mass is 290 g/mol. The molecule has 1 aromatic heterocycles. The highest BCUT2D eigenvalue weighted by molar-refractivity contribution is 9.10. The first-order chi connectivity index (χ1) is 7.34. The van der Waals surface area contributed by atoms with Crippen molar-refractivity contribution in [1.29, 1.82) is 0 Å². The largest absolute Gasteiger partial charge is 0.408 e. The fourth-order valence-corrected chi connectivity index (χ4v) is 2.08. The van der Waals surface area contributed by atoms with Crippen LogP contribution in [0.4, 0.5) is 0 Å². The summed E-state index contributed by atoms with van der Waals surface area (Å²) in [6, 6.07) is 1.89. The van der Waals surface area contributed by atoms with E-state index < -0.39 is 0 Å². The summed E-state index contributed by atoms with van der Waals surface area (Å²) in [6.07, 6.45) is 3.42. The molecule has 2 rings (SSSR count). The van der Waals surface area contributed by atoms with E-state index in [9.17, 15) is 0 Å². The predicted molar refractivity (Wildman–Crippen MR) is 62.5 cm³/mol. The fraction of sp³-hybridized carbons (Fsp3) is 0.444. The van der Waals surface area contributed by atoms with Crippen molar-refractivity contribution in [3.63, 3.8) is 0 Å². The van der Waals surface area contributed by atoms with Gasteiger partial charge in [0.1, 0.15) is 12.2 Å². The first-order valence-corrected chi connectivity index (χ1v) is 6.11. The highest BCUT2D eigenvalue weighted by Crippen LogP contribution is 2.22. The van der Waals surface area contributed by atoms with Crippen LogP contribution in [0, 0.1) is 0 Å². The van der Waals surface area contributed by atoms with Gasteiger partial charge in [0, 0.05) is 23.8 Å². The number of ether oxygens (including phenoxy) is 1. The van der Waals surface area contributed by atoms with Gasteiger partial charge in [-0.15, -0.1) is 0 Å². The molecular formula is C9H11BrN2O2S. The molecule has 0 N–H and O–H groups in total. The van der Waals surface area contributed by atoms with Gasteiger partial charge >= 0.3 is 0 Å². The van der Waals surface area contributed by atoms with Crippen LogP contribution in [0.25, 0.3) is 0 Å². The van der Waals surface area contributed by atoms with Gasteiger partial charge in [-0.1, -0.05) is 0 Å². The topological polar surface area (TPSA) is 34.6 Å². The van der Waals surface area contributed by atoms with Crippen molar-refractivity contribution in [3.05, 3.63) is 22.9 Å². The summed E-state index contributed by atoms with van der Waals surface area (Å²) in [4.78, 5) is 4.02. The molecule has 0 amide bonds. The van der Waals surface area contributed by atoms with Gasteiger partial charge in [-0.2, -0.15) is 0 Å². The van der Waals surface area contributed by atoms with Crippen molar-refractivity contribution in [2.75, 3.05) is 26.3 Å². The molecule has 6 heteroatoms. The fourth-order valence-electron chi connectivity index (χ4n) is 1.15. The summed E-state index contributed by atoms with van der Waals surface area (Å²) in [5, 5.41) is 0. The standard InChI is InChI=1S/C9H11BrN2O2S/c10-8-5-9(7-11-6-8)14-15-12-1-3-13-4-2-12/h5-7H,1-4H2. The molecule has 0 saturated carbocycles. The van der Waals surface area contributed by atoms with Crippen molar-refractivity contribution >= 4 is 28.2 Å². The molecule has 0 aliphatic carbocycles. The second kappa shape index (κ2) is 5.69. The SMILES string of the molecule is Brc1cncc(OSN2CCOCC2)c1. The number of pyridine rings is 1. The number of hydrogen-bond donors (Lipinski definition) is 0. The maximum Gasteiger partial charge on any atom is 0.158 e. The first kappa shape index (κ1) is 11.2. The maximum absolute atomic E-state index is 5.52. The van der Waals surface area contributed by atoms with Gasteiger partial charge in [0.25, 0.3) is 0 Å². The van der Waals surface area contributed by atoms with Crippen molar-refractivity contribution in [2.45, 2.75) is 0 Å². The zero-order valence-electron chi connectivity index (χ0n) is 8.06. The van der Waals surface area contributed by atoms with Crippen LogP contribution >= 0.6 is 28.2 Å². The second-order valence-corrected chi connectivity index (χ2v) is 4.79. The Morgan fingerprint density at radius 2 is 2.20 bits per heavy atom. The number of rotatable bonds is 3. The summed E-state index contributed by atoms with van der Waals surface area (Å²) >= 11 is 4.69. The van der Waals surface area contributed by atoms with Gasteiger partial charge in [-0.05, 0) is 22.0 Å². The molecule has 1 saturated heterocycles. The van der Waals surface area contributed by atoms with Crippen molar-refractivity contribution < 1.29 is 8.92 Å². The first-order valence-electron chi connectivity index (χ1n) is 4.62. The van der Waals surface area contributed by atoms with Gasteiger partial charge < -0.3 is 8.92 Å². The molecule has 82 valence electrons. The third kappa shape index (κ3) is 3.64. The van der Waals surface area contributed by atoms with E-state index in [2.05, 4.69) is 25.2 Å². The zero-order chi connectivity index (χ0) is 10.5. The molecule has 0 bridgehead atoms. The molecule has 0 spiro atoms. The van der Waals surface area contributed by atoms with Gasteiger partial charge in [-0.25, -0.2) is 4.31 Å². The van der Waals surface area contributed by atoms with Crippen LogP contribution in [0.2, 0.25) is 0 Å². The van der Waals surface area contributed by atoms with Gasteiger partial charge in [0.2, 0.25) is 0 Å². The Kier molecular flexibility index (Phi) is 4.25. The summed E-state index contributed by atoms with van der Waals surface area (Å²) in [6.45, 7) is 3.33. The Morgan fingerprint density at radius 1 is 1.40 bits per heavy atom. The average Bonchev–Trinajstić information content (AvgIpc) is 2.28. The van der Waals surface area contributed by atoms with Crippen LogP contribution in [-0.2, 0) is 4.74 Å². The van der Waals surface area contributed by atoms with Crippen molar-refractivity contribution in [2.24, 2.45) is 0 Å². The molecule has 1 aliphatic rings. The van der Waals surface area contributed by atoms with Gasteiger partial charge in [0.05, 0.1) is 19.4 Å². The quantitative estimate of drug-likeness (QED) is 0.629. The van der Waals surface area contributed by atoms with E-state index in [4.69, 9.17) is 8.92 Å². The highest BCUT2D eigenvalue weighted by atomic mass is 79.9. The summed E-state index contributed by atoms with van der Waals surface area (Å²) in [5.74, 6) is 0.751. The van der Waals surface area contributed by atoms with Crippen LogP contribution in [0.1, 0.15) is 0 Å². The summed E-state index contributed by atoms with van der Waals surface area (Å²) in [5.41, 5.74) is 0. The predicted octanol–water partition coefficient (Wildman–Crippen LogP) is 2.12. The van der Waals surface area contributed by atoms with Crippen molar-refractivity contribution in [3.8, 4) is 5.75 Å². The molecule has 4 nitrogen and oxygen atoms in total. The van der Waals surface area contributed by atoms with Crippen LogP contribution < -0.4 is 4.18 Å². The van der Waals surface area contributed by atoms with E-state index in [1.54, 1.807) is 12.4 Å². The van der Waals surface area contributed by atoms with Gasteiger partial charge in [-0.3, -0.25) is 4.98 Å². The minimum absolute atomic E-state index is 0.751. The Hall–Kier alpha value is -0.300. The molecule has 0 atom stereocenters. The lowest BCUT2D eigenvalue weighted by atomic mass is 10.5. The Balaban J connectivity index is 1.81. The smallest absolute Gasteiger partial charge is 0.158 e.